The lowest BCUT2D eigenvalue weighted by Crippen LogP contribution is -2.30. The number of nitrogens with one attached hydrogen (secondary N) is 2. The number of nitrogens with zero attached hydrogens (tertiary/aromatic N) is 3. The van der Waals surface area contributed by atoms with Crippen molar-refractivity contribution in [3.05, 3.63) is 65.6 Å². The molecular weight excluding hydrogens is 367 g/mol. The number of aryl methyl sites for hydroxylation is 1. The lowest BCUT2D eigenvalue weighted by molar-refractivity contribution is 0.425. The molecule has 0 aliphatic carbocycles. The molecule has 0 atom stereocenters. The summed E-state index contributed by atoms with van der Waals surface area (Å²) in [5.41, 5.74) is 11.1. The minimum absolute atomic E-state index is 0.436. The molecule has 2 aromatic heterocycles. The number of hydrogen-bond acceptors (Lipinski definition) is 7. The Morgan fingerprint density at radius 3 is 2.76 bits per heavy atom. The van der Waals surface area contributed by atoms with Gasteiger partial charge in [0.05, 0.1) is 5.52 Å². The monoisotopic (exact) mass is 388 g/mol. The number of aromatic nitrogens is 4. The summed E-state index contributed by atoms with van der Waals surface area (Å²) in [4.78, 5) is 16.5. The topological polar surface area (TPSA) is 133 Å². The maximum atomic E-state index is 9.32. The molecule has 0 saturated carbocycles. The van der Waals surface area contributed by atoms with Crippen LogP contribution >= 0.6 is 0 Å². The molecule has 9 heteroatoms. The van der Waals surface area contributed by atoms with Gasteiger partial charge in [0.2, 0.25) is 5.95 Å². The van der Waals surface area contributed by atoms with Gasteiger partial charge < -0.3 is 26.1 Å². The smallest absolute Gasteiger partial charge is 0.423 e. The number of H-pyrrole nitrogens is 1. The summed E-state index contributed by atoms with van der Waals surface area (Å²) in [7, 11) is -1.50. The third kappa shape index (κ3) is 3.84. The van der Waals surface area contributed by atoms with E-state index in [1.807, 2.05) is 31.2 Å². The Morgan fingerprint density at radius 2 is 1.97 bits per heavy atom. The Kier molecular flexibility index (Phi) is 5.26. The van der Waals surface area contributed by atoms with Crippen LogP contribution in [0.25, 0.3) is 22.3 Å². The number of para-hydroxylation sites is 1. The lowest BCUT2D eigenvalue weighted by Gasteiger charge is -2.08. The SMILES string of the molecule is Cc1[nH]c2c(CN)cccc2c1-c1ncnc(NCc2cccc(B(O)O)c2)n1. The first-order valence-corrected chi connectivity index (χ1v) is 9.25. The van der Waals surface area contributed by atoms with Crippen molar-refractivity contribution in [2.45, 2.75) is 20.0 Å². The molecule has 0 amide bonds. The van der Waals surface area contributed by atoms with Crippen LogP contribution in [0.5, 0.6) is 0 Å². The van der Waals surface area contributed by atoms with E-state index in [4.69, 9.17) is 5.73 Å². The molecule has 0 bridgehead atoms. The maximum absolute atomic E-state index is 9.32. The quantitative estimate of drug-likeness (QED) is 0.312. The van der Waals surface area contributed by atoms with Crippen LogP contribution in [-0.2, 0) is 13.1 Å². The highest BCUT2D eigenvalue weighted by molar-refractivity contribution is 6.58. The minimum Gasteiger partial charge on any atom is -0.423 e. The molecule has 6 N–H and O–H groups in total. The van der Waals surface area contributed by atoms with Crippen LogP contribution in [0.3, 0.4) is 0 Å². The first-order valence-electron chi connectivity index (χ1n) is 9.25. The van der Waals surface area contributed by atoms with Crippen molar-refractivity contribution in [1.82, 2.24) is 19.9 Å². The van der Waals surface area contributed by atoms with Gasteiger partial charge in [-0.2, -0.15) is 4.98 Å². The molecule has 146 valence electrons. The lowest BCUT2D eigenvalue weighted by atomic mass is 9.80. The van der Waals surface area contributed by atoms with Gasteiger partial charge in [-0.1, -0.05) is 42.5 Å². The van der Waals surface area contributed by atoms with Crippen molar-refractivity contribution >= 4 is 29.4 Å². The van der Waals surface area contributed by atoms with Gasteiger partial charge >= 0.3 is 7.12 Å². The van der Waals surface area contributed by atoms with Gasteiger partial charge in [-0.15, -0.1) is 0 Å². The number of benzene rings is 2. The largest absolute Gasteiger partial charge is 0.488 e. The molecule has 4 aromatic rings. The molecule has 4 rings (SSSR count). The number of rotatable bonds is 6. The first-order chi connectivity index (χ1) is 14.1. The fourth-order valence-electron chi connectivity index (χ4n) is 3.41. The number of fused-ring (bicyclic) bond motifs is 1. The summed E-state index contributed by atoms with van der Waals surface area (Å²) in [5, 5.41) is 22.8. The van der Waals surface area contributed by atoms with E-state index in [9.17, 15) is 10.0 Å². The second-order valence-electron chi connectivity index (χ2n) is 6.77. The van der Waals surface area contributed by atoms with Gasteiger partial charge in [0, 0.05) is 29.7 Å². The highest BCUT2D eigenvalue weighted by Crippen LogP contribution is 2.31. The maximum Gasteiger partial charge on any atom is 0.488 e. The molecule has 0 aliphatic heterocycles. The van der Waals surface area contributed by atoms with Crippen LogP contribution in [0.2, 0.25) is 0 Å². The molecule has 0 spiro atoms. The average Bonchev–Trinajstić information content (AvgIpc) is 3.08. The van der Waals surface area contributed by atoms with Crippen LogP contribution in [-0.4, -0.2) is 37.1 Å². The summed E-state index contributed by atoms with van der Waals surface area (Å²) in [6, 6.07) is 13.0. The summed E-state index contributed by atoms with van der Waals surface area (Å²) < 4.78 is 0. The number of nitrogens with two attached hydrogens (primary N) is 1. The second-order valence-corrected chi connectivity index (χ2v) is 6.77. The van der Waals surface area contributed by atoms with Crippen molar-refractivity contribution in [2.75, 3.05) is 5.32 Å². The van der Waals surface area contributed by atoms with Crippen molar-refractivity contribution in [1.29, 1.82) is 0 Å². The Labute approximate surface area is 168 Å². The molecule has 8 nitrogen and oxygen atoms in total. The van der Waals surface area contributed by atoms with Crippen LogP contribution in [0.15, 0.2) is 48.8 Å². The fourth-order valence-corrected chi connectivity index (χ4v) is 3.41. The van der Waals surface area contributed by atoms with Crippen LogP contribution in [0.4, 0.5) is 5.95 Å². The zero-order valence-corrected chi connectivity index (χ0v) is 15.9. The third-order valence-electron chi connectivity index (χ3n) is 4.82. The van der Waals surface area contributed by atoms with Crippen LogP contribution in [0, 0.1) is 6.92 Å². The van der Waals surface area contributed by atoms with E-state index in [0.717, 1.165) is 33.3 Å². The third-order valence-corrected chi connectivity index (χ3v) is 4.82. The predicted molar refractivity (Wildman–Crippen MR) is 113 cm³/mol. The van der Waals surface area contributed by atoms with Gasteiger partial charge in [-0.25, -0.2) is 9.97 Å². The van der Waals surface area contributed by atoms with E-state index in [1.165, 1.54) is 6.33 Å². The Morgan fingerprint density at radius 1 is 1.14 bits per heavy atom. The van der Waals surface area contributed by atoms with Crippen molar-refractivity contribution in [2.24, 2.45) is 5.73 Å². The second kappa shape index (κ2) is 8.00. The number of hydrogen-bond donors (Lipinski definition) is 5. The van der Waals surface area contributed by atoms with Gasteiger partial charge in [-0.05, 0) is 23.5 Å². The van der Waals surface area contributed by atoms with Crippen molar-refractivity contribution < 1.29 is 10.0 Å². The minimum atomic E-state index is -1.50. The zero-order valence-electron chi connectivity index (χ0n) is 15.9. The fraction of sp³-hybridized carbons (Fsp3) is 0.150. The zero-order chi connectivity index (χ0) is 20.4. The van der Waals surface area contributed by atoms with E-state index >= 15 is 0 Å². The van der Waals surface area contributed by atoms with Crippen molar-refractivity contribution in [3.63, 3.8) is 0 Å². The van der Waals surface area contributed by atoms with Crippen LogP contribution < -0.4 is 16.5 Å². The van der Waals surface area contributed by atoms with E-state index in [1.54, 1.807) is 18.2 Å². The summed E-state index contributed by atoms with van der Waals surface area (Å²) in [6.45, 7) is 2.87. The molecule has 0 unspecified atom stereocenters. The molecule has 0 saturated heterocycles. The van der Waals surface area contributed by atoms with E-state index in [2.05, 4.69) is 25.3 Å². The molecule has 0 fully saturated rings. The van der Waals surface area contributed by atoms with Gasteiger partial charge in [0.1, 0.15) is 6.33 Å². The molecular formula is C20H21BN6O2. The summed E-state index contributed by atoms with van der Waals surface area (Å²) in [5.74, 6) is 1.01. The normalized spacial score (nSPS) is 11.0. The summed E-state index contributed by atoms with van der Waals surface area (Å²) >= 11 is 0. The molecule has 0 aliphatic rings. The Bertz CT molecular complexity index is 1160. The number of aromatic amines is 1. The first kappa shape index (κ1) is 19.1. The highest BCUT2D eigenvalue weighted by Gasteiger charge is 2.16. The van der Waals surface area contributed by atoms with Gasteiger partial charge in [-0.3, -0.25) is 0 Å². The van der Waals surface area contributed by atoms with Gasteiger partial charge in [0.25, 0.3) is 0 Å². The predicted octanol–water partition coefficient (Wildman–Crippen LogP) is 1.08. The highest BCUT2D eigenvalue weighted by atomic mass is 16.4. The Hall–Kier alpha value is -3.27. The van der Waals surface area contributed by atoms with Crippen LogP contribution in [0.1, 0.15) is 16.8 Å². The summed E-state index contributed by atoms with van der Waals surface area (Å²) in [6.07, 6.45) is 1.48. The Balaban J connectivity index is 1.62. The molecule has 29 heavy (non-hydrogen) atoms. The van der Waals surface area contributed by atoms with E-state index in [-0.39, 0.29) is 0 Å². The standard InChI is InChI=1S/C20H21BN6O2/c1-12-17(16-7-3-5-14(9-22)18(16)26-12)19-24-11-25-20(27-19)23-10-13-4-2-6-15(8-13)21(28)29/h2-8,11,26,28-29H,9-10,22H2,1H3,(H,23,24,25,27). The molecule has 2 heterocycles. The van der Waals surface area contributed by atoms with E-state index < -0.39 is 7.12 Å². The van der Waals surface area contributed by atoms with E-state index in [0.29, 0.717) is 30.3 Å². The number of anilines is 1. The average molecular weight is 388 g/mol. The molecule has 0 radical (unpaired) electrons. The van der Waals surface area contributed by atoms with Gasteiger partial charge in [0.15, 0.2) is 5.82 Å². The van der Waals surface area contributed by atoms with Crippen molar-refractivity contribution in [3.8, 4) is 11.4 Å². The molecule has 2 aromatic carbocycles.